The van der Waals surface area contributed by atoms with Crippen LogP contribution in [-0.2, 0) is 16.1 Å². The minimum atomic E-state index is -1.19. The molecule has 0 saturated heterocycles. The molecule has 2 aromatic rings. The summed E-state index contributed by atoms with van der Waals surface area (Å²) in [5.41, 5.74) is 2.01. The first-order chi connectivity index (χ1) is 18.4. The summed E-state index contributed by atoms with van der Waals surface area (Å²) in [5, 5.41) is 23.6. The van der Waals surface area contributed by atoms with E-state index in [0.29, 0.717) is 35.3 Å². The van der Waals surface area contributed by atoms with Gasteiger partial charge in [0.05, 0.1) is 25.7 Å². The fourth-order valence-electron chi connectivity index (χ4n) is 5.07. The Kier molecular flexibility index (Phi) is 8.60. The molecule has 3 N–H and O–H groups in total. The van der Waals surface area contributed by atoms with Gasteiger partial charge in [0, 0.05) is 36.2 Å². The molecule has 4 atom stereocenters. The second-order valence-corrected chi connectivity index (χ2v) is 9.24. The number of allylic oxidation sites excluding steroid dienone is 1. The van der Waals surface area contributed by atoms with Gasteiger partial charge in [0.2, 0.25) is 11.8 Å². The van der Waals surface area contributed by atoms with E-state index in [9.17, 15) is 24.6 Å². The van der Waals surface area contributed by atoms with Gasteiger partial charge in [0.1, 0.15) is 18.5 Å². The lowest BCUT2D eigenvalue weighted by Gasteiger charge is -2.40. The highest BCUT2D eigenvalue weighted by Crippen LogP contribution is 2.51. The van der Waals surface area contributed by atoms with Crippen molar-refractivity contribution in [3.63, 3.8) is 0 Å². The number of ether oxygens (including phenoxy) is 2. The van der Waals surface area contributed by atoms with Crippen molar-refractivity contribution in [2.75, 3.05) is 20.3 Å². The van der Waals surface area contributed by atoms with Crippen LogP contribution in [0.3, 0.4) is 0 Å². The first-order valence-electron chi connectivity index (χ1n) is 12.5. The Morgan fingerprint density at radius 2 is 2.00 bits per heavy atom. The van der Waals surface area contributed by atoms with Gasteiger partial charge < -0.3 is 29.9 Å². The van der Waals surface area contributed by atoms with E-state index in [1.165, 1.54) is 13.2 Å². The lowest BCUT2D eigenvalue weighted by Crippen LogP contribution is -2.55. The van der Waals surface area contributed by atoms with E-state index in [2.05, 4.69) is 11.9 Å². The molecular formula is C29H32N2O7. The van der Waals surface area contributed by atoms with Crippen molar-refractivity contribution in [1.82, 2.24) is 10.2 Å². The van der Waals surface area contributed by atoms with E-state index in [1.807, 2.05) is 30.3 Å². The van der Waals surface area contributed by atoms with Crippen LogP contribution in [0, 0.1) is 0 Å². The van der Waals surface area contributed by atoms with E-state index in [4.69, 9.17) is 9.47 Å². The average Bonchev–Trinajstić information content (AvgIpc) is 3.34. The first-order valence-corrected chi connectivity index (χ1v) is 12.5. The number of nitrogens with zero attached hydrogens (tertiary/aromatic N) is 1. The number of rotatable bonds is 11. The zero-order valence-corrected chi connectivity index (χ0v) is 21.2. The molecule has 0 saturated carbocycles. The third-order valence-corrected chi connectivity index (χ3v) is 6.85. The molecule has 4 rings (SSSR count). The van der Waals surface area contributed by atoms with Gasteiger partial charge in [-0.25, -0.2) is 0 Å². The number of aldehydes is 1. The molecule has 0 bridgehead atoms. The van der Waals surface area contributed by atoms with Gasteiger partial charge in [-0.3, -0.25) is 14.4 Å². The highest BCUT2D eigenvalue weighted by atomic mass is 16.5. The Bertz CT molecular complexity index is 1230. The van der Waals surface area contributed by atoms with Crippen molar-refractivity contribution < 1.29 is 34.1 Å². The fraction of sp³-hybridized carbons (Fsp3) is 0.345. The van der Waals surface area contributed by atoms with Crippen LogP contribution in [0.2, 0.25) is 0 Å². The summed E-state index contributed by atoms with van der Waals surface area (Å²) >= 11 is 0. The molecule has 0 aromatic heterocycles. The predicted octanol–water partition coefficient (Wildman–Crippen LogP) is 2.13. The minimum Gasteiger partial charge on any atom is -0.493 e. The SMILES string of the molecule is C=CCCC(=O)N(Cc1ccccc1)[C@@H]1C=C(C(=O)NCCO)[C@@H]2c3cc(C=O)cc(OC)c3O[C@@H]2[C@H]1O. The third-order valence-electron chi connectivity index (χ3n) is 6.85. The molecule has 0 spiro atoms. The number of benzene rings is 2. The fourth-order valence-corrected chi connectivity index (χ4v) is 5.07. The molecule has 2 amide bonds. The molecule has 0 unspecified atom stereocenters. The minimum absolute atomic E-state index is 0.0260. The topological polar surface area (TPSA) is 125 Å². The molecule has 1 aliphatic carbocycles. The van der Waals surface area contributed by atoms with Crippen molar-refractivity contribution in [2.24, 2.45) is 0 Å². The van der Waals surface area contributed by atoms with Crippen LogP contribution < -0.4 is 14.8 Å². The monoisotopic (exact) mass is 520 g/mol. The summed E-state index contributed by atoms with van der Waals surface area (Å²) in [6.07, 6.45) is 2.46. The smallest absolute Gasteiger partial charge is 0.247 e. The summed E-state index contributed by atoms with van der Waals surface area (Å²) in [4.78, 5) is 39.9. The molecular weight excluding hydrogens is 488 g/mol. The maximum Gasteiger partial charge on any atom is 0.247 e. The largest absolute Gasteiger partial charge is 0.493 e. The van der Waals surface area contributed by atoms with Crippen LogP contribution in [0.15, 0.2) is 66.8 Å². The number of nitrogens with one attached hydrogen (secondary N) is 1. The molecule has 9 nitrogen and oxygen atoms in total. The Morgan fingerprint density at radius 3 is 2.66 bits per heavy atom. The zero-order chi connectivity index (χ0) is 27.2. The molecule has 9 heteroatoms. The highest BCUT2D eigenvalue weighted by molar-refractivity contribution is 5.96. The van der Waals surface area contributed by atoms with Gasteiger partial charge in [-0.2, -0.15) is 0 Å². The summed E-state index contributed by atoms with van der Waals surface area (Å²) < 4.78 is 11.7. The van der Waals surface area contributed by atoms with Crippen LogP contribution in [-0.4, -0.2) is 71.7 Å². The van der Waals surface area contributed by atoms with Gasteiger partial charge in [-0.05, 0) is 30.2 Å². The number of fused-ring (bicyclic) bond motifs is 3. The molecule has 1 heterocycles. The summed E-state index contributed by atoms with van der Waals surface area (Å²) in [6, 6.07) is 11.7. The second-order valence-electron chi connectivity index (χ2n) is 9.24. The number of carbonyl (C=O) groups excluding carboxylic acids is 3. The molecule has 1 aliphatic heterocycles. The molecule has 2 aliphatic rings. The quantitative estimate of drug-likeness (QED) is 0.306. The summed E-state index contributed by atoms with van der Waals surface area (Å²) in [7, 11) is 1.44. The van der Waals surface area contributed by atoms with Gasteiger partial charge in [-0.1, -0.05) is 36.4 Å². The van der Waals surface area contributed by atoms with E-state index in [0.717, 1.165) is 5.56 Å². The number of aliphatic hydroxyl groups is 2. The normalized spacial score (nSPS) is 21.3. The Labute approximate surface area is 221 Å². The van der Waals surface area contributed by atoms with E-state index in [-0.39, 0.29) is 37.6 Å². The first kappa shape index (κ1) is 27.1. The van der Waals surface area contributed by atoms with E-state index in [1.54, 1.807) is 23.1 Å². The van der Waals surface area contributed by atoms with Gasteiger partial charge in [0.25, 0.3) is 0 Å². The van der Waals surface area contributed by atoms with Crippen molar-refractivity contribution in [3.8, 4) is 11.5 Å². The van der Waals surface area contributed by atoms with E-state index >= 15 is 0 Å². The van der Waals surface area contributed by atoms with Gasteiger partial charge in [0.15, 0.2) is 11.5 Å². The Hall–Kier alpha value is -3.95. The summed E-state index contributed by atoms with van der Waals surface area (Å²) in [6.45, 7) is 3.69. The van der Waals surface area contributed by atoms with Crippen LogP contribution in [0.1, 0.15) is 40.2 Å². The Morgan fingerprint density at radius 1 is 1.24 bits per heavy atom. The van der Waals surface area contributed by atoms with Gasteiger partial charge in [-0.15, -0.1) is 6.58 Å². The summed E-state index contributed by atoms with van der Waals surface area (Å²) in [5.74, 6) is -0.747. The maximum absolute atomic E-state index is 13.4. The maximum atomic E-state index is 13.4. The molecule has 38 heavy (non-hydrogen) atoms. The average molecular weight is 521 g/mol. The second kappa shape index (κ2) is 12.1. The highest BCUT2D eigenvalue weighted by Gasteiger charge is 2.51. The van der Waals surface area contributed by atoms with Crippen molar-refractivity contribution in [1.29, 1.82) is 0 Å². The third kappa shape index (κ3) is 5.34. The van der Waals surface area contributed by atoms with Crippen LogP contribution in [0.25, 0.3) is 0 Å². The lowest BCUT2D eigenvalue weighted by atomic mass is 9.77. The number of hydrogen-bond acceptors (Lipinski definition) is 7. The van der Waals surface area contributed by atoms with Crippen molar-refractivity contribution >= 4 is 18.1 Å². The lowest BCUT2D eigenvalue weighted by molar-refractivity contribution is -0.138. The van der Waals surface area contributed by atoms with E-state index < -0.39 is 30.1 Å². The zero-order valence-electron chi connectivity index (χ0n) is 21.2. The van der Waals surface area contributed by atoms with Crippen LogP contribution in [0.5, 0.6) is 11.5 Å². The predicted molar refractivity (Wildman–Crippen MR) is 140 cm³/mol. The number of aliphatic hydroxyl groups excluding tert-OH is 2. The Balaban J connectivity index is 1.81. The van der Waals surface area contributed by atoms with Crippen molar-refractivity contribution in [3.05, 3.63) is 83.5 Å². The number of hydrogen-bond donors (Lipinski definition) is 3. The van der Waals surface area contributed by atoms with Crippen LogP contribution >= 0.6 is 0 Å². The molecule has 0 fully saturated rings. The number of carbonyl (C=O) groups is 3. The van der Waals surface area contributed by atoms with Crippen LogP contribution in [0.4, 0.5) is 0 Å². The van der Waals surface area contributed by atoms with Crippen molar-refractivity contribution in [2.45, 2.75) is 43.6 Å². The van der Waals surface area contributed by atoms with Gasteiger partial charge >= 0.3 is 0 Å². The molecule has 200 valence electrons. The molecule has 0 radical (unpaired) electrons. The molecule has 2 aromatic carbocycles. The standard InChI is InChI=1S/C29H32N2O7/c1-3-4-10-24(34)31(16-18-8-6-5-7-9-18)22-15-21(29(36)30-11-12-32)25-20-13-19(17-33)14-23(37-2)27(20)38-28(25)26(22)35/h3,5-9,13-15,17,22,25-26,28,32,35H,1,4,10-12,16H2,2H3,(H,30,36)/t22-,25+,26+,28+/m1/s1. The number of amides is 2. The number of methoxy groups -OCH3 is 1.